The van der Waals surface area contributed by atoms with Crippen molar-refractivity contribution in [1.29, 1.82) is 0 Å². The van der Waals surface area contributed by atoms with Crippen molar-refractivity contribution < 1.29 is 17.5 Å². The van der Waals surface area contributed by atoms with Crippen molar-refractivity contribution in [3.63, 3.8) is 0 Å². The van der Waals surface area contributed by atoms with Crippen LogP contribution in [0.5, 0.6) is 5.75 Å². The summed E-state index contributed by atoms with van der Waals surface area (Å²) in [5.41, 5.74) is 1.16. The molecule has 2 aromatic rings. The fourth-order valence-electron chi connectivity index (χ4n) is 3.40. The first kappa shape index (κ1) is 22.8. The maximum atomic E-state index is 13.9. The van der Waals surface area contributed by atoms with Gasteiger partial charge in [-0.15, -0.1) is 0 Å². The van der Waals surface area contributed by atoms with E-state index in [4.69, 9.17) is 16.3 Å². The van der Waals surface area contributed by atoms with E-state index >= 15 is 0 Å². The predicted octanol–water partition coefficient (Wildman–Crippen LogP) is 3.37. The van der Waals surface area contributed by atoms with Crippen LogP contribution in [0.3, 0.4) is 0 Å². The van der Waals surface area contributed by atoms with Crippen molar-refractivity contribution in [2.45, 2.75) is 18.2 Å². The molecule has 1 aliphatic heterocycles. The summed E-state index contributed by atoms with van der Waals surface area (Å²) in [5, 5.41) is 0.729. The van der Waals surface area contributed by atoms with Crippen LogP contribution in [0.15, 0.2) is 47.4 Å². The molecule has 0 unspecified atom stereocenters. The van der Waals surface area contributed by atoms with Gasteiger partial charge in [0.25, 0.3) is 0 Å². The van der Waals surface area contributed by atoms with Crippen molar-refractivity contribution in [3.8, 4) is 5.75 Å². The molecule has 0 amide bonds. The quantitative estimate of drug-likeness (QED) is 0.587. The first-order valence-electron chi connectivity index (χ1n) is 10.0. The highest BCUT2D eigenvalue weighted by Gasteiger charge is 2.19. The Bertz CT molecular complexity index is 933. The third-order valence-corrected chi connectivity index (χ3v) is 6.73. The van der Waals surface area contributed by atoms with E-state index in [-0.39, 0.29) is 10.6 Å². The average Bonchev–Trinajstić information content (AvgIpc) is 2.74. The number of benzene rings is 2. The van der Waals surface area contributed by atoms with E-state index < -0.39 is 15.8 Å². The molecule has 1 aliphatic rings. The van der Waals surface area contributed by atoms with Gasteiger partial charge in [0.15, 0.2) is 11.6 Å². The number of piperazine rings is 1. The second kappa shape index (κ2) is 10.4. The topological polar surface area (TPSA) is 61.9 Å². The molecule has 0 spiro atoms. The summed E-state index contributed by atoms with van der Waals surface area (Å²) in [6.45, 7) is 6.82. The monoisotopic (exact) mass is 455 g/mol. The number of hydrogen-bond acceptors (Lipinski definition) is 5. The standard InChI is InChI=1S/C21H27ClFN3O3S/c1-2-29-21-9-8-19(16-20(21)23)30(27,28)24-10-3-11-25-12-14-26(15-13-25)18-6-4-17(22)5-7-18/h4-9,16,24H,2-3,10-15H2,1H3. The van der Waals surface area contributed by atoms with Crippen LogP contribution in [0.2, 0.25) is 5.02 Å². The lowest BCUT2D eigenvalue weighted by Crippen LogP contribution is -2.47. The van der Waals surface area contributed by atoms with Gasteiger partial charge in [0, 0.05) is 43.4 Å². The molecule has 0 aromatic heterocycles. The SMILES string of the molecule is CCOc1ccc(S(=O)(=O)NCCCN2CCN(c3ccc(Cl)cc3)CC2)cc1F. The molecule has 3 rings (SSSR count). The Morgan fingerprint density at radius 1 is 1.10 bits per heavy atom. The highest BCUT2D eigenvalue weighted by molar-refractivity contribution is 7.89. The molecule has 2 aromatic carbocycles. The van der Waals surface area contributed by atoms with Gasteiger partial charge in [-0.1, -0.05) is 11.6 Å². The van der Waals surface area contributed by atoms with Crippen LogP contribution < -0.4 is 14.4 Å². The second-order valence-electron chi connectivity index (χ2n) is 7.08. The third-order valence-electron chi connectivity index (χ3n) is 5.02. The van der Waals surface area contributed by atoms with Crippen LogP contribution in [-0.4, -0.2) is 59.2 Å². The molecule has 30 heavy (non-hydrogen) atoms. The molecule has 0 bridgehead atoms. The number of nitrogens with zero attached hydrogens (tertiary/aromatic N) is 2. The smallest absolute Gasteiger partial charge is 0.240 e. The maximum Gasteiger partial charge on any atom is 0.240 e. The van der Waals surface area contributed by atoms with Crippen molar-refractivity contribution >= 4 is 27.3 Å². The molecule has 1 N–H and O–H groups in total. The fourth-order valence-corrected chi connectivity index (χ4v) is 4.61. The fraction of sp³-hybridized carbons (Fsp3) is 0.429. The molecular formula is C21H27ClFN3O3S. The maximum absolute atomic E-state index is 13.9. The van der Waals surface area contributed by atoms with Gasteiger partial charge in [-0.2, -0.15) is 0 Å². The number of halogens is 2. The molecule has 0 aliphatic carbocycles. The van der Waals surface area contributed by atoms with E-state index in [0.717, 1.165) is 49.5 Å². The van der Waals surface area contributed by atoms with E-state index in [1.54, 1.807) is 6.92 Å². The van der Waals surface area contributed by atoms with Crippen LogP contribution in [-0.2, 0) is 10.0 Å². The largest absolute Gasteiger partial charge is 0.491 e. The van der Waals surface area contributed by atoms with E-state index in [2.05, 4.69) is 14.5 Å². The van der Waals surface area contributed by atoms with Crippen molar-refractivity contribution in [2.24, 2.45) is 0 Å². The summed E-state index contributed by atoms with van der Waals surface area (Å²) < 4.78 is 46.4. The van der Waals surface area contributed by atoms with E-state index in [0.29, 0.717) is 19.6 Å². The van der Waals surface area contributed by atoms with Gasteiger partial charge in [-0.25, -0.2) is 17.5 Å². The summed E-state index contributed by atoms with van der Waals surface area (Å²) in [6.07, 6.45) is 0.680. The highest BCUT2D eigenvalue weighted by atomic mass is 35.5. The molecule has 0 saturated carbocycles. The summed E-state index contributed by atoms with van der Waals surface area (Å²) in [4.78, 5) is 4.54. The molecule has 1 heterocycles. The Balaban J connectivity index is 1.41. The van der Waals surface area contributed by atoms with Crippen molar-refractivity contribution in [1.82, 2.24) is 9.62 Å². The van der Waals surface area contributed by atoms with Gasteiger partial charge in [0.1, 0.15) is 0 Å². The number of sulfonamides is 1. The molecule has 9 heteroatoms. The van der Waals surface area contributed by atoms with Crippen LogP contribution in [0.25, 0.3) is 0 Å². The molecule has 0 atom stereocenters. The van der Waals surface area contributed by atoms with Crippen LogP contribution >= 0.6 is 11.6 Å². The van der Waals surface area contributed by atoms with Gasteiger partial charge in [-0.05, 0) is 62.4 Å². The third kappa shape index (κ3) is 6.07. The Hall–Kier alpha value is -1.87. The molecular weight excluding hydrogens is 429 g/mol. The lowest BCUT2D eigenvalue weighted by Gasteiger charge is -2.36. The van der Waals surface area contributed by atoms with Gasteiger partial charge in [0.2, 0.25) is 10.0 Å². The minimum atomic E-state index is -3.75. The highest BCUT2D eigenvalue weighted by Crippen LogP contribution is 2.21. The minimum Gasteiger partial charge on any atom is -0.491 e. The number of nitrogens with one attached hydrogen (secondary N) is 1. The first-order chi connectivity index (χ1) is 14.4. The molecule has 164 valence electrons. The zero-order valence-corrected chi connectivity index (χ0v) is 18.6. The average molecular weight is 456 g/mol. The summed E-state index contributed by atoms with van der Waals surface area (Å²) in [7, 11) is -3.75. The van der Waals surface area contributed by atoms with Crippen molar-refractivity contribution in [3.05, 3.63) is 53.3 Å². The minimum absolute atomic E-state index is 0.0502. The van der Waals surface area contributed by atoms with Crippen LogP contribution in [0.4, 0.5) is 10.1 Å². The lowest BCUT2D eigenvalue weighted by atomic mass is 10.2. The van der Waals surface area contributed by atoms with Crippen molar-refractivity contribution in [2.75, 3.05) is 50.8 Å². The molecule has 6 nitrogen and oxygen atoms in total. The Kier molecular flexibility index (Phi) is 7.93. The van der Waals surface area contributed by atoms with Crippen LogP contribution in [0, 0.1) is 5.82 Å². The number of rotatable bonds is 9. The number of ether oxygens (including phenoxy) is 1. The van der Waals surface area contributed by atoms with E-state index in [9.17, 15) is 12.8 Å². The zero-order chi connectivity index (χ0) is 21.6. The Morgan fingerprint density at radius 2 is 1.80 bits per heavy atom. The Morgan fingerprint density at radius 3 is 2.43 bits per heavy atom. The van der Waals surface area contributed by atoms with Gasteiger partial charge in [-0.3, -0.25) is 4.90 Å². The van der Waals surface area contributed by atoms with E-state index in [1.165, 1.54) is 12.1 Å². The van der Waals surface area contributed by atoms with Gasteiger partial charge < -0.3 is 9.64 Å². The number of hydrogen-bond donors (Lipinski definition) is 1. The Labute approximate surface area is 182 Å². The summed E-state index contributed by atoms with van der Waals surface area (Å²) in [5.74, 6) is -0.632. The lowest BCUT2D eigenvalue weighted by molar-refractivity contribution is 0.255. The summed E-state index contributed by atoms with van der Waals surface area (Å²) in [6, 6.07) is 11.5. The zero-order valence-electron chi connectivity index (χ0n) is 17.0. The molecule has 1 saturated heterocycles. The molecule has 0 radical (unpaired) electrons. The van der Waals surface area contributed by atoms with E-state index in [1.807, 2.05) is 24.3 Å². The first-order valence-corrected chi connectivity index (χ1v) is 11.9. The predicted molar refractivity (Wildman–Crippen MR) is 117 cm³/mol. The second-order valence-corrected chi connectivity index (χ2v) is 9.29. The number of anilines is 1. The molecule has 1 fully saturated rings. The van der Waals surface area contributed by atoms with Gasteiger partial charge >= 0.3 is 0 Å². The van der Waals surface area contributed by atoms with Crippen LogP contribution in [0.1, 0.15) is 13.3 Å². The normalized spacial score (nSPS) is 15.4. The summed E-state index contributed by atoms with van der Waals surface area (Å²) >= 11 is 5.94. The van der Waals surface area contributed by atoms with Gasteiger partial charge in [0.05, 0.1) is 11.5 Å².